The van der Waals surface area contributed by atoms with Crippen LogP contribution in [0.15, 0.2) is 30.6 Å². The summed E-state index contributed by atoms with van der Waals surface area (Å²) in [7, 11) is 0. The Bertz CT molecular complexity index is 451. The van der Waals surface area contributed by atoms with Gasteiger partial charge in [-0.3, -0.25) is 0 Å². The van der Waals surface area contributed by atoms with Crippen LogP contribution in [0.3, 0.4) is 0 Å². The Balaban J connectivity index is 2.45. The minimum Gasteiger partial charge on any atom is -0.314 e. The molecule has 0 aliphatic heterocycles. The molecule has 2 aromatic rings. The number of aromatic nitrogens is 3. The van der Waals surface area contributed by atoms with E-state index in [1.165, 1.54) is 6.07 Å². The maximum Gasteiger partial charge on any atom is 0.166 e. The normalized spacial score (nSPS) is 10.5. The zero-order valence-electron chi connectivity index (χ0n) is 8.52. The van der Waals surface area contributed by atoms with Crippen molar-refractivity contribution >= 4 is 0 Å². The Labute approximate surface area is 87.6 Å². The molecule has 0 unspecified atom stereocenters. The molecule has 0 fully saturated rings. The highest BCUT2D eigenvalue weighted by Crippen LogP contribution is 2.19. The first-order chi connectivity index (χ1) is 7.33. The van der Waals surface area contributed by atoms with E-state index in [9.17, 15) is 4.39 Å². The minimum absolute atomic E-state index is 0.261. The molecular weight excluding hydrogens is 193 g/mol. The van der Waals surface area contributed by atoms with E-state index >= 15 is 0 Å². The fourth-order valence-corrected chi connectivity index (χ4v) is 1.51. The number of hydrogen-bond acceptors (Lipinski definition) is 2. The zero-order valence-corrected chi connectivity index (χ0v) is 8.52. The van der Waals surface area contributed by atoms with Crippen molar-refractivity contribution in [1.82, 2.24) is 14.8 Å². The van der Waals surface area contributed by atoms with Crippen LogP contribution in [0.1, 0.15) is 13.3 Å². The van der Waals surface area contributed by atoms with Crippen LogP contribution in [0.5, 0.6) is 0 Å². The lowest BCUT2D eigenvalue weighted by atomic mass is 10.2. The molecule has 2 rings (SSSR count). The number of nitrogens with zero attached hydrogens (tertiary/aromatic N) is 3. The molecule has 4 heteroatoms. The highest BCUT2D eigenvalue weighted by Gasteiger charge is 2.10. The molecule has 0 atom stereocenters. The third kappa shape index (κ3) is 1.88. The molecule has 0 bridgehead atoms. The maximum absolute atomic E-state index is 13.5. The fraction of sp³-hybridized carbons (Fsp3) is 0.273. The Morgan fingerprint density at radius 1 is 1.33 bits per heavy atom. The van der Waals surface area contributed by atoms with Crippen LogP contribution >= 0.6 is 0 Å². The summed E-state index contributed by atoms with van der Waals surface area (Å²) in [5.41, 5.74) is 0.503. The van der Waals surface area contributed by atoms with E-state index in [2.05, 4.69) is 17.1 Å². The number of rotatable bonds is 3. The first kappa shape index (κ1) is 9.83. The average molecular weight is 205 g/mol. The molecule has 15 heavy (non-hydrogen) atoms. The van der Waals surface area contributed by atoms with Gasteiger partial charge in [-0.25, -0.2) is 4.39 Å². The number of halogens is 1. The summed E-state index contributed by atoms with van der Waals surface area (Å²) in [5.74, 6) is 0.331. The summed E-state index contributed by atoms with van der Waals surface area (Å²) in [5, 5.41) is 7.74. The highest BCUT2D eigenvalue weighted by atomic mass is 19.1. The van der Waals surface area contributed by atoms with Gasteiger partial charge in [-0.05, 0) is 18.6 Å². The van der Waals surface area contributed by atoms with Gasteiger partial charge in [-0.2, -0.15) is 0 Å². The Morgan fingerprint density at radius 2 is 2.13 bits per heavy atom. The highest BCUT2D eigenvalue weighted by molar-refractivity contribution is 5.55. The predicted molar refractivity (Wildman–Crippen MR) is 55.7 cm³/mol. The van der Waals surface area contributed by atoms with Gasteiger partial charge in [0.15, 0.2) is 5.82 Å². The van der Waals surface area contributed by atoms with Crippen molar-refractivity contribution in [3.8, 4) is 11.4 Å². The minimum atomic E-state index is -0.261. The molecule has 1 aromatic heterocycles. The van der Waals surface area contributed by atoms with E-state index in [4.69, 9.17) is 0 Å². The van der Waals surface area contributed by atoms with Gasteiger partial charge >= 0.3 is 0 Å². The second-order valence-electron chi connectivity index (χ2n) is 3.33. The topological polar surface area (TPSA) is 30.7 Å². The van der Waals surface area contributed by atoms with Crippen molar-refractivity contribution in [3.05, 3.63) is 36.4 Å². The van der Waals surface area contributed by atoms with E-state index in [1.54, 1.807) is 24.5 Å². The third-order valence-corrected chi connectivity index (χ3v) is 2.19. The lowest BCUT2D eigenvalue weighted by Gasteiger charge is -2.05. The van der Waals surface area contributed by atoms with Crippen molar-refractivity contribution in [2.75, 3.05) is 0 Å². The van der Waals surface area contributed by atoms with Crippen molar-refractivity contribution in [2.45, 2.75) is 19.9 Å². The quantitative estimate of drug-likeness (QED) is 0.770. The van der Waals surface area contributed by atoms with Crippen LogP contribution in [0, 0.1) is 5.82 Å². The molecule has 78 valence electrons. The number of benzene rings is 1. The number of aryl methyl sites for hydroxylation is 1. The Morgan fingerprint density at radius 3 is 2.87 bits per heavy atom. The summed E-state index contributed by atoms with van der Waals surface area (Å²) >= 11 is 0. The zero-order chi connectivity index (χ0) is 10.7. The second-order valence-corrected chi connectivity index (χ2v) is 3.33. The summed E-state index contributed by atoms with van der Waals surface area (Å²) in [6.07, 6.45) is 2.60. The van der Waals surface area contributed by atoms with Gasteiger partial charge in [0, 0.05) is 6.54 Å². The first-order valence-corrected chi connectivity index (χ1v) is 4.95. The lowest BCUT2D eigenvalue weighted by molar-refractivity contribution is 0.624. The lowest BCUT2D eigenvalue weighted by Crippen LogP contribution is -1.99. The average Bonchev–Trinajstić information content (AvgIpc) is 2.67. The van der Waals surface area contributed by atoms with E-state index in [0.717, 1.165) is 13.0 Å². The molecule has 0 amide bonds. The van der Waals surface area contributed by atoms with Gasteiger partial charge in [0.1, 0.15) is 12.1 Å². The van der Waals surface area contributed by atoms with E-state index in [-0.39, 0.29) is 5.82 Å². The van der Waals surface area contributed by atoms with Gasteiger partial charge in [0.05, 0.1) is 5.56 Å². The molecule has 0 spiro atoms. The first-order valence-electron chi connectivity index (χ1n) is 4.95. The molecule has 0 aliphatic carbocycles. The molecule has 3 nitrogen and oxygen atoms in total. The van der Waals surface area contributed by atoms with Gasteiger partial charge in [-0.1, -0.05) is 19.1 Å². The van der Waals surface area contributed by atoms with Crippen LogP contribution < -0.4 is 0 Å². The maximum atomic E-state index is 13.5. The summed E-state index contributed by atoms with van der Waals surface area (Å²) < 4.78 is 15.4. The van der Waals surface area contributed by atoms with Gasteiger partial charge in [-0.15, -0.1) is 10.2 Å². The number of hydrogen-bond donors (Lipinski definition) is 0. The molecule has 0 saturated heterocycles. The van der Waals surface area contributed by atoms with Crippen molar-refractivity contribution in [1.29, 1.82) is 0 Å². The van der Waals surface area contributed by atoms with Crippen molar-refractivity contribution < 1.29 is 4.39 Å². The summed E-state index contributed by atoms with van der Waals surface area (Å²) in [4.78, 5) is 0. The van der Waals surface area contributed by atoms with Crippen molar-refractivity contribution in [2.24, 2.45) is 0 Å². The van der Waals surface area contributed by atoms with Crippen molar-refractivity contribution in [3.63, 3.8) is 0 Å². The molecule has 1 heterocycles. The molecule has 0 radical (unpaired) electrons. The summed E-state index contributed by atoms with van der Waals surface area (Å²) in [6.45, 7) is 2.86. The SMILES string of the molecule is CCCn1cnnc1-c1ccccc1F. The van der Waals surface area contributed by atoms with Gasteiger partial charge < -0.3 is 4.57 Å². The van der Waals surface area contributed by atoms with Gasteiger partial charge in [0.25, 0.3) is 0 Å². The van der Waals surface area contributed by atoms with Crippen LogP contribution in [-0.2, 0) is 6.54 Å². The van der Waals surface area contributed by atoms with Crippen LogP contribution in [0.2, 0.25) is 0 Å². The predicted octanol–water partition coefficient (Wildman–Crippen LogP) is 2.49. The van der Waals surface area contributed by atoms with E-state index in [0.29, 0.717) is 11.4 Å². The van der Waals surface area contributed by atoms with Crippen LogP contribution in [0.25, 0.3) is 11.4 Å². The fourth-order valence-electron chi connectivity index (χ4n) is 1.51. The largest absolute Gasteiger partial charge is 0.314 e. The van der Waals surface area contributed by atoms with Crippen LogP contribution in [-0.4, -0.2) is 14.8 Å². The molecule has 0 saturated carbocycles. The van der Waals surface area contributed by atoms with E-state index < -0.39 is 0 Å². The second kappa shape index (κ2) is 4.21. The monoisotopic (exact) mass is 205 g/mol. The third-order valence-electron chi connectivity index (χ3n) is 2.19. The van der Waals surface area contributed by atoms with Gasteiger partial charge in [0.2, 0.25) is 0 Å². The van der Waals surface area contributed by atoms with E-state index in [1.807, 2.05) is 4.57 Å². The molecule has 0 aliphatic rings. The summed E-state index contributed by atoms with van der Waals surface area (Å²) in [6, 6.07) is 6.61. The molecule has 0 N–H and O–H groups in total. The molecule has 1 aromatic carbocycles. The standard InChI is InChI=1S/C11H12FN3/c1-2-7-15-8-13-14-11(15)9-5-3-4-6-10(9)12/h3-6,8H,2,7H2,1H3. The molecular formula is C11H12FN3. The van der Waals surface area contributed by atoms with Crippen LogP contribution in [0.4, 0.5) is 4.39 Å². The smallest absolute Gasteiger partial charge is 0.166 e. The Kier molecular flexibility index (Phi) is 2.76. The Hall–Kier alpha value is -1.71.